The van der Waals surface area contributed by atoms with E-state index in [4.69, 9.17) is 9.47 Å². The first-order valence-corrected chi connectivity index (χ1v) is 9.34. The van der Waals surface area contributed by atoms with Gasteiger partial charge in [0.15, 0.2) is 5.75 Å². The van der Waals surface area contributed by atoms with Crippen LogP contribution in [0, 0.1) is 10.1 Å². The summed E-state index contributed by atoms with van der Waals surface area (Å²) in [5.74, 6) is 0.623. The van der Waals surface area contributed by atoms with E-state index >= 15 is 0 Å². The van der Waals surface area contributed by atoms with E-state index in [0.29, 0.717) is 30.9 Å². The number of nitrogens with one attached hydrogen (secondary N) is 2. The maximum absolute atomic E-state index is 11.7. The molecule has 0 aliphatic heterocycles. The molecule has 1 aromatic carbocycles. The summed E-state index contributed by atoms with van der Waals surface area (Å²) >= 11 is 0. The monoisotopic (exact) mass is 403 g/mol. The summed E-state index contributed by atoms with van der Waals surface area (Å²) in [6, 6.07) is 4.37. The van der Waals surface area contributed by atoms with Crippen LogP contribution in [0.5, 0.6) is 11.5 Å². The number of aromatic amines is 1. The fourth-order valence-corrected chi connectivity index (χ4v) is 2.42. The molecule has 0 aliphatic carbocycles. The lowest BCUT2D eigenvalue weighted by atomic mass is 10.1. The van der Waals surface area contributed by atoms with E-state index in [9.17, 15) is 14.9 Å². The smallest absolute Gasteiger partial charge is 0.315 e. The van der Waals surface area contributed by atoms with Crippen molar-refractivity contribution < 1.29 is 14.4 Å². The quantitative estimate of drug-likeness (QED) is 0.353. The van der Waals surface area contributed by atoms with Crippen LogP contribution in [0.15, 0.2) is 28.1 Å². The molecule has 0 atom stereocenters. The van der Waals surface area contributed by atoms with Gasteiger partial charge in [-0.2, -0.15) is 5.10 Å². The summed E-state index contributed by atoms with van der Waals surface area (Å²) in [4.78, 5) is 29.5. The molecule has 2 N–H and O–H groups in total. The van der Waals surface area contributed by atoms with Crippen LogP contribution in [0.4, 0.5) is 11.6 Å². The minimum Gasteiger partial charge on any atom is -0.490 e. The molecule has 0 saturated carbocycles. The first-order valence-electron chi connectivity index (χ1n) is 9.34. The third-order valence-electron chi connectivity index (χ3n) is 3.74. The van der Waals surface area contributed by atoms with Gasteiger partial charge in [-0.3, -0.25) is 19.9 Å². The number of ether oxygens (including phenoxy) is 2. The van der Waals surface area contributed by atoms with Crippen molar-refractivity contribution >= 4 is 17.9 Å². The van der Waals surface area contributed by atoms with Gasteiger partial charge in [0.25, 0.3) is 5.56 Å². The van der Waals surface area contributed by atoms with E-state index in [2.05, 4.69) is 20.5 Å². The zero-order chi connectivity index (χ0) is 21.4. The first-order chi connectivity index (χ1) is 13.8. The van der Waals surface area contributed by atoms with Crippen LogP contribution in [0.3, 0.4) is 0 Å². The molecule has 0 aliphatic rings. The molecule has 1 aromatic heterocycles. The molecule has 10 nitrogen and oxygen atoms in total. The molecule has 0 spiro atoms. The van der Waals surface area contributed by atoms with E-state index in [1.54, 1.807) is 13.0 Å². The normalized spacial score (nSPS) is 11.1. The summed E-state index contributed by atoms with van der Waals surface area (Å²) in [6.45, 7) is 8.19. The molecule has 0 unspecified atom stereocenters. The molecule has 2 rings (SSSR count). The summed E-state index contributed by atoms with van der Waals surface area (Å²) in [6.07, 6.45) is 2.08. The van der Waals surface area contributed by atoms with Crippen molar-refractivity contribution in [3.05, 3.63) is 49.9 Å². The zero-order valence-corrected chi connectivity index (χ0v) is 16.9. The van der Waals surface area contributed by atoms with Crippen molar-refractivity contribution in [1.29, 1.82) is 0 Å². The van der Waals surface area contributed by atoms with Gasteiger partial charge in [0.05, 0.1) is 30.0 Å². The third kappa shape index (κ3) is 6.03. The Balaban J connectivity index is 2.32. The SMILES string of the molecule is CCCOc1c(OCC)cc(/C=N\Nc2nc(C(C)C)cc(=O)[nH]2)cc1[N+](=O)[O-]. The van der Waals surface area contributed by atoms with Gasteiger partial charge in [-0.15, -0.1) is 0 Å². The Morgan fingerprint density at radius 3 is 2.69 bits per heavy atom. The van der Waals surface area contributed by atoms with Crippen LogP contribution < -0.4 is 20.5 Å². The Morgan fingerprint density at radius 1 is 1.31 bits per heavy atom. The second-order valence-corrected chi connectivity index (χ2v) is 6.45. The van der Waals surface area contributed by atoms with Gasteiger partial charge in [-0.25, -0.2) is 10.4 Å². The van der Waals surface area contributed by atoms with Crippen molar-refractivity contribution in [2.75, 3.05) is 18.6 Å². The minimum absolute atomic E-state index is 0.0777. The molecular formula is C19H25N5O5. The number of nitro benzene ring substituents is 1. The molecule has 2 aromatic rings. The molecule has 0 fully saturated rings. The van der Waals surface area contributed by atoms with E-state index in [1.807, 2.05) is 20.8 Å². The Morgan fingerprint density at radius 2 is 2.07 bits per heavy atom. The number of H-pyrrole nitrogens is 1. The number of aromatic nitrogens is 2. The van der Waals surface area contributed by atoms with Crippen molar-refractivity contribution in [2.24, 2.45) is 5.10 Å². The van der Waals surface area contributed by atoms with Gasteiger partial charge in [0.1, 0.15) is 0 Å². The largest absolute Gasteiger partial charge is 0.490 e. The van der Waals surface area contributed by atoms with Crippen molar-refractivity contribution in [3.8, 4) is 11.5 Å². The van der Waals surface area contributed by atoms with Gasteiger partial charge in [0.2, 0.25) is 11.7 Å². The molecule has 156 valence electrons. The number of nitro groups is 1. The fraction of sp³-hybridized carbons (Fsp3) is 0.421. The van der Waals surface area contributed by atoms with Crippen LogP contribution in [-0.2, 0) is 0 Å². The number of nitrogens with zero attached hydrogens (tertiary/aromatic N) is 3. The summed E-state index contributed by atoms with van der Waals surface area (Å²) in [7, 11) is 0. The maximum atomic E-state index is 11.7. The van der Waals surface area contributed by atoms with Gasteiger partial charge in [0, 0.05) is 17.7 Å². The topological polar surface area (TPSA) is 132 Å². The first kappa shape index (κ1) is 21.9. The average molecular weight is 403 g/mol. The zero-order valence-electron chi connectivity index (χ0n) is 16.9. The number of hydrogen-bond acceptors (Lipinski definition) is 8. The molecule has 0 amide bonds. The van der Waals surface area contributed by atoms with Gasteiger partial charge >= 0.3 is 5.69 Å². The van der Waals surface area contributed by atoms with Crippen LogP contribution in [-0.4, -0.2) is 34.3 Å². The highest BCUT2D eigenvalue weighted by atomic mass is 16.6. The predicted octanol–water partition coefficient (Wildman–Crippen LogP) is 3.44. The molecule has 0 radical (unpaired) electrons. The van der Waals surface area contributed by atoms with Crippen LogP contribution in [0.25, 0.3) is 0 Å². The summed E-state index contributed by atoms with van der Waals surface area (Å²) in [5, 5.41) is 15.5. The number of rotatable bonds is 10. The third-order valence-corrected chi connectivity index (χ3v) is 3.74. The van der Waals surface area contributed by atoms with Crippen molar-refractivity contribution in [1.82, 2.24) is 9.97 Å². The van der Waals surface area contributed by atoms with Crippen LogP contribution >= 0.6 is 0 Å². The highest BCUT2D eigenvalue weighted by molar-refractivity contribution is 5.83. The van der Waals surface area contributed by atoms with E-state index < -0.39 is 4.92 Å². The standard InChI is InChI=1S/C19H25N5O5/c1-5-7-29-18-15(24(26)27)8-13(9-16(18)28-6-2)11-20-23-19-21-14(12(3)4)10-17(25)22-19/h8-12H,5-7H2,1-4H3,(H2,21,22,23,25)/b20-11-. The second-order valence-electron chi connectivity index (χ2n) is 6.45. The minimum atomic E-state index is -0.524. The van der Waals surface area contributed by atoms with Gasteiger partial charge in [-0.05, 0) is 25.3 Å². The van der Waals surface area contributed by atoms with Crippen molar-refractivity contribution in [2.45, 2.75) is 40.0 Å². The lowest BCUT2D eigenvalue weighted by Crippen LogP contribution is -2.12. The second kappa shape index (κ2) is 10.2. The molecule has 0 saturated heterocycles. The van der Waals surface area contributed by atoms with Gasteiger partial charge in [-0.1, -0.05) is 20.8 Å². The van der Waals surface area contributed by atoms with Crippen LogP contribution in [0.1, 0.15) is 51.3 Å². The highest BCUT2D eigenvalue weighted by Crippen LogP contribution is 2.38. The molecular weight excluding hydrogens is 378 g/mol. The summed E-state index contributed by atoms with van der Waals surface area (Å²) in [5.41, 5.74) is 3.18. The molecule has 1 heterocycles. The Kier molecular flexibility index (Phi) is 7.70. The Hall–Kier alpha value is -3.43. The van der Waals surface area contributed by atoms with Crippen molar-refractivity contribution in [3.63, 3.8) is 0 Å². The fourth-order valence-electron chi connectivity index (χ4n) is 2.42. The molecule has 29 heavy (non-hydrogen) atoms. The van der Waals surface area contributed by atoms with Crippen LogP contribution in [0.2, 0.25) is 0 Å². The Bertz CT molecular complexity index is 939. The highest BCUT2D eigenvalue weighted by Gasteiger charge is 2.22. The number of hydrogen-bond donors (Lipinski definition) is 2. The number of benzene rings is 1. The lowest BCUT2D eigenvalue weighted by molar-refractivity contribution is -0.386. The lowest BCUT2D eigenvalue weighted by Gasteiger charge is -2.12. The Labute approximate surface area is 168 Å². The molecule has 0 bridgehead atoms. The summed E-state index contributed by atoms with van der Waals surface area (Å²) < 4.78 is 11.0. The molecule has 10 heteroatoms. The van der Waals surface area contributed by atoms with E-state index in [1.165, 1.54) is 18.3 Å². The maximum Gasteiger partial charge on any atom is 0.315 e. The van der Waals surface area contributed by atoms with E-state index in [0.717, 1.165) is 0 Å². The van der Waals surface area contributed by atoms with E-state index in [-0.39, 0.29) is 34.6 Å². The predicted molar refractivity (Wildman–Crippen MR) is 110 cm³/mol. The number of anilines is 1. The number of hydrazone groups is 1. The average Bonchev–Trinajstić information content (AvgIpc) is 2.66. The van der Waals surface area contributed by atoms with Gasteiger partial charge < -0.3 is 9.47 Å².